The van der Waals surface area contributed by atoms with Crippen molar-refractivity contribution in [2.75, 3.05) is 20.8 Å². The number of rotatable bonds is 6. The molecule has 0 aliphatic carbocycles. The second-order valence-corrected chi connectivity index (χ2v) is 5.87. The fourth-order valence-corrected chi connectivity index (χ4v) is 3.03. The van der Waals surface area contributed by atoms with E-state index in [-0.39, 0.29) is 0 Å². The van der Waals surface area contributed by atoms with E-state index >= 15 is 0 Å². The summed E-state index contributed by atoms with van der Waals surface area (Å²) in [5, 5.41) is 11.9. The fraction of sp³-hybridized carbons (Fsp3) is 0.174. The smallest absolute Gasteiger partial charge is 0.161 e. The molecule has 0 radical (unpaired) electrons. The zero-order valence-corrected chi connectivity index (χ0v) is 15.7. The molecule has 0 N–H and O–H groups in total. The number of nitrogens with zero attached hydrogens (tertiary/aromatic N) is 1. The van der Waals surface area contributed by atoms with Crippen LogP contribution in [0.5, 0.6) is 17.2 Å². The Morgan fingerprint density at radius 3 is 2.41 bits per heavy atom. The Labute approximate surface area is 159 Å². The molecular formula is C23H21NO3. The molecule has 4 heteroatoms. The predicted octanol–water partition coefficient (Wildman–Crippen LogP) is 5.32. The highest BCUT2D eigenvalue weighted by molar-refractivity contribution is 6.00. The maximum absolute atomic E-state index is 9.79. The van der Waals surface area contributed by atoms with Crippen molar-refractivity contribution in [3.63, 3.8) is 0 Å². The van der Waals surface area contributed by atoms with Gasteiger partial charge in [-0.3, -0.25) is 0 Å². The van der Waals surface area contributed by atoms with Gasteiger partial charge in [0.1, 0.15) is 5.75 Å². The molecule has 0 atom stereocenters. The van der Waals surface area contributed by atoms with Crippen molar-refractivity contribution in [2.24, 2.45) is 0 Å². The van der Waals surface area contributed by atoms with Crippen molar-refractivity contribution in [3.8, 4) is 23.3 Å². The first-order valence-corrected chi connectivity index (χ1v) is 8.70. The van der Waals surface area contributed by atoms with E-state index in [0.717, 1.165) is 27.6 Å². The lowest BCUT2D eigenvalue weighted by Crippen LogP contribution is -1.95. The van der Waals surface area contributed by atoms with Crippen molar-refractivity contribution in [2.45, 2.75) is 6.92 Å². The summed E-state index contributed by atoms with van der Waals surface area (Å²) in [4.78, 5) is 0. The van der Waals surface area contributed by atoms with E-state index in [9.17, 15) is 5.26 Å². The third kappa shape index (κ3) is 3.73. The van der Waals surface area contributed by atoms with Gasteiger partial charge in [0.05, 0.1) is 32.5 Å². The molecule has 0 bridgehead atoms. The first kappa shape index (κ1) is 18.3. The summed E-state index contributed by atoms with van der Waals surface area (Å²) < 4.78 is 16.5. The van der Waals surface area contributed by atoms with E-state index in [1.54, 1.807) is 26.4 Å². The number of hydrogen-bond acceptors (Lipinski definition) is 4. The maximum atomic E-state index is 9.79. The average Bonchev–Trinajstić information content (AvgIpc) is 2.72. The molecule has 0 fully saturated rings. The molecule has 3 rings (SSSR count). The summed E-state index contributed by atoms with van der Waals surface area (Å²) in [5.41, 5.74) is 2.17. The van der Waals surface area contributed by atoms with Gasteiger partial charge in [-0.15, -0.1) is 0 Å². The van der Waals surface area contributed by atoms with E-state index < -0.39 is 0 Å². The highest BCUT2D eigenvalue weighted by Crippen LogP contribution is 2.34. The van der Waals surface area contributed by atoms with Gasteiger partial charge in [-0.2, -0.15) is 5.26 Å². The largest absolute Gasteiger partial charge is 0.493 e. The molecule has 0 aliphatic heterocycles. The summed E-state index contributed by atoms with van der Waals surface area (Å²) in [6.45, 7) is 2.50. The van der Waals surface area contributed by atoms with Crippen LogP contribution in [0.2, 0.25) is 0 Å². The molecule has 0 spiro atoms. The molecule has 136 valence electrons. The fourth-order valence-electron chi connectivity index (χ4n) is 3.03. The zero-order valence-electron chi connectivity index (χ0n) is 15.7. The zero-order chi connectivity index (χ0) is 19.2. The number of nitriles is 1. The minimum absolute atomic E-state index is 0.522. The Kier molecular flexibility index (Phi) is 5.63. The lowest BCUT2D eigenvalue weighted by Gasteiger charge is -2.12. The lowest BCUT2D eigenvalue weighted by atomic mass is 9.98. The van der Waals surface area contributed by atoms with Gasteiger partial charge in [0.25, 0.3) is 0 Å². The Balaban J connectivity index is 2.19. The van der Waals surface area contributed by atoms with Crippen LogP contribution in [0.1, 0.15) is 18.1 Å². The van der Waals surface area contributed by atoms with Gasteiger partial charge >= 0.3 is 0 Å². The van der Waals surface area contributed by atoms with Gasteiger partial charge in [-0.1, -0.05) is 30.3 Å². The van der Waals surface area contributed by atoms with Gasteiger partial charge in [0.15, 0.2) is 11.5 Å². The van der Waals surface area contributed by atoms with Crippen molar-refractivity contribution in [3.05, 3.63) is 65.7 Å². The molecule has 0 amide bonds. The van der Waals surface area contributed by atoms with Crippen LogP contribution in [-0.4, -0.2) is 20.8 Å². The standard InChI is InChI=1S/C23H21NO3/c1-4-27-21-11-9-16-7-5-6-8-19(16)20(21)13-18(15-24)17-10-12-22(25-2)23(14-17)26-3/h5-14H,4H2,1-3H3/b18-13+. The summed E-state index contributed by atoms with van der Waals surface area (Å²) in [6, 6.07) is 19.8. The summed E-state index contributed by atoms with van der Waals surface area (Å²) >= 11 is 0. The second-order valence-electron chi connectivity index (χ2n) is 5.87. The van der Waals surface area contributed by atoms with Crippen LogP contribution < -0.4 is 14.2 Å². The molecule has 0 saturated heterocycles. The quantitative estimate of drug-likeness (QED) is 0.441. The molecule has 0 aliphatic rings. The molecule has 0 heterocycles. The Hall–Kier alpha value is -3.45. The molecule has 0 aromatic heterocycles. The van der Waals surface area contributed by atoms with E-state index in [1.807, 2.05) is 55.5 Å². The van der Waals surface area contributed by atoms with Crippen LogP contribution in [0, 0.1) is 11.3 Å². The first-order valence-electron chi connectivity index (χ1n) is 8.70. The van der Waals surface area contributed by atoms with Gasteiger partial charge in [-0.05, 0) is 53.6 Å². The predicted molar refractivity (Wildman–Crippen MR) is 108 cm³/mol. The van der Waals surface area contributed by atoms with Gasteiger partial charge in [0, 0.05) is 5.56 Å². The van der Waals surface area contributed by atoms with Crippen LogP contribution in [0.4, 0.5) is 0 Å². The van der Waals surface area contributed by atoms with Gasteiger partial charge in [0.2, 0.25) is 0 Å². The van der Waals surface area contributed by atoms with Crippen molar-refractivity contribution >= 4 is 22.4 Å². The normalized spacial score (nSPS) is 11.1. The number of allylic oxidation sites excluding steroid dienone is 1. The first-order chi connectivity index (χ1) is 13.2. The lowest BCUT2D eigenvalue weighted by molar-refractivity contribution is 0.340. The van der Waals surface area contributed by atoms with E-state index in [0.29, 0.717) is 23.7 Å². The summed E-state index contributed by atoms with van der Waals surface area (Å²) in [6.07, 6.45) is 1.87. The minimum atomic E-state index is 0.522. The molecule has 4 nitrogen and oxygen atoms in total. The SMILES string of the molecule is CCOc1ccc2ccccc2c1/C=C(\C#N)c1ccc(OC)c(OC)c1. The van der Waals surface area contributed by atoms with Crippen molar-refractivity contribution in [1.82, 2.24) is 0 Å². The van der Waals surface area contributed by atoms with Crippen LogP contribution in [0.25, 0.3) is 22.4 Å². The monoisotopic (exact) mass is 359 g/mol. The average molecular weight is 359 g/mol. The van der Waals surface area contributed by atoms with E-state index in [1.165, 1.54) is 0 Å². The number of hydrogen-bond donors (Lipinski definition) is 0. The third-order valence-corrected chi connectivity index (χ3v) is 4.33. The third-order valence-electron chi connectivity index (χ3n) is 4.33. The van der Waals surface area contributed by atoms with Crippen LogP contribution in [0.3, 0.4) is 0 Å². The van der Waals surface area contributed by atoms with Crippen molar-refractivity contribution < 1.29 is 14.2 Å². The topological polar surface area (TPSA) is 51.5 Å². The highest BCUT2D eigenvalue weighted by atomic mass is 16.5. The van der Waals surface area contributed by atoms with Crippen molar-refractivity contribution in [1.29, 1.82) is 5.26 Å². The van der Waals surface area contributed by atoms with Gasteiger partial charge < -0.3 is 14.2 Å². The molecular weight excluding hydrogens is 338 g/mol. The highest BCUT2D eigenvalue weighted by Gasteiger charge is 2.12. The summed E-state index contributed by atoms with van der Waals surface area (Å²) in [5.74, 6) is 1.96. The van der Waals surface area contributed by atoms with E-state index in [4.69, 9.17) is 14.2 Å². The minimum Gasteiger partial charge on any atom is -0.493 e. The second kappa shape index (κ2) is 8.29. The van der Waals surface area contributed by atoms with Crippen LogP contribution in [-0.2, 0) is 0 Å². The Morgan fingerprint density at radius 1 is 0.963 bits per heavy atom. The molecule has 0 saturated carbocycles. The molecule has 0 unspecified atom stereocenters. The number of ether oxygens (including phenoxy) is 3. The van der Waals surface area contributed by atoms with Gasteiger partial charge in [-0.25, -0.2) is 0 Å². The molecule has 3 aromatic rings. The van der Waals surface area contributed by atoms with Crippen LogP contribution >= 0.6 is 0 Å². The Bertz CT molecular complexity index is 1030. The maximum Gasteiger partial charge on any atom is 0.161 e. The number of methoxy groups -OCH3 is 2. The number of fused-ring (bicyclic) bond motifs is 1. The molecule has 3 aromatic carbocycles. The van der Waals surface area contributed by atoms with E-state index in [2.05, 4.69) is 6.07 Å². The summed E-state index contributed by atoms with van der Waals surface area (Å²) in [7, 11) is 3.17. The Morgan fingerprint density at radius 2 is 1.70 bits per heavy atom. The number of benzene rings is 3. The molecule has 27 heavy (non-hydrogen) atoms. The van der Waals surface area contributed by atoms with Crippen LogP contribution in [0.15, 0.2) is 54.6 Å².